The number of rotatable bonds is 0. The van der Waals surface area contributed by atoms with Crippen LogP contribution in [0.25, 0.3) is 10.9 Å². The van der Waals surface area contributed by atoms with E-state index in [-0.39, 0.29) is 4.70 Å². The zero-order valence-electron chi connectivity index (χ0n) is 12.0. The first-order valence-electron chi connectivity index (χ1n) is 6.48. The Labute approximate surface area is 120 Å². The summed E-state index contributed by atoms with van der Waals surface area (Å²) < 4.78 is 0. The lowest BCUT2D eigenvalue weighted by Gasteiger charge is -1.83. The molecule has 0 amide bonds. The van der Waals surface area contributed by atoms with Gasteiger partial charge in [0.15, 0.2) is 0 Å². The molecular weight excluding hydrogens is 249 g/mol. The molecule has 0 spiro atoms. The lowest BCUT2D eigenvalue weighted by molar-refractivity contribution is 1.11. The average molecular weight is 271 g/mol. The van der Waals surface area contributed by atoms with Crippen LogP contribution >= 0.6 is 0 Å². The second-order valence-electron chi connectivity index (χ2n) is 3.89. The first-order valence-corrected chi connectivity index (χ1v) is 6.48. The van der Waals surface area contributed by atoms with Gasteiger partial charge in [-0.1, -0.05) is 66.7 Å². The van der Waals surface area contributed by atoms with Gasteiger partial charge in [0.1, 0.15) is 0 Å². The Kier molecular flexibility index (Phi) is 10.3. The van der Waals surface area contributed by atoms with E-state index in [2.05, 4.69) is 23.2 Å². The van der Waals surface area contributed by atoms with Gasteiger partial charge in [-0.2, -0.15) is 0 Å². The van der Waals surface area contributed by atoms with Crippen LogP contribution in [0.4, 0.5) is 4.70 Å². The second-order valence-corrected chi connectivity index (χ2v) is 3.89. The van der Waals surface area contributed by atoms with Gasteiger partial charge in [0.2, 0.25) is 0 Å². The van der Waals surface area contributed by atoms with Gasteiger partial charge in [0, 0.05) is 11.7 Å². The number of allylic oxidation sites excluding steroid dienone is 2. The summed E-state index contributed by atoms with van der Waals surface area (Å²) in [5.41, 5.74) is 1.21. The predicted molar refractivity (Wildman–Crippen MR) is 87.7 cm³/mol. The summed E-state index contributed by atoms with van der Waals surface area (Å²) in [6.07, 6.45) is 5.95. The molecule has 3 aromatic rings. The van der Waals surface area contributed by atoms with Crippen LogP contribution in [0.15, 0.2) is 85.1 Å². The molecule has 1 nitrogen and oxygen atoms in total. The number of H-pyrrole nitrogens is 1. The van der Waals surface area contributed by atoms with Crippen LogP contribution in [-0.4, -0.2) is 4.98 Å². The fourth-order valence-corrected chi connectivity index (χ4v) is 1.38. The van der Waals surface area contributed by atoms with Crippen LogP contribution in [0.3, 0.4) is 0 Å². The molecule has 2 heteroatoms. The van der Waals surface area contributed by atoms with Crippen molar-refractivity contribution >= 4 is 10.9 Å². The largest absolute Gasteiger partial charge is 0.361 e. The van der Waals surface area contributed by atoms with Crippen molar-refractivity contribution in [3.05, 3.63) is 85.1 Å². The Hall–Kier alpha value is -2.35. The Bertz CT molecular complexity index is 509. The van der Waals surface area contributed by atoms with E-state index in [0.717, 1.165) is 0 Å². The number of benzene rings is 2. The highest BCUT2D eigenvalue weighted by Gasteiger charge is 1.86. The number of nitrogens with one attached hydrogen (secondary N) is 1. The monoisotopic (exact) mass is 271 g/mol. The fraction of sp³-hybridized carbons (Fsp3) is 0.111. The number of aromatic nitrogens is 1. The summed E-state index contributed by atoms with van der Waals surface area (Å²) in [6.45, 7) is 4.00. The topological polar surface area (TPSA) is 15.8 Å². The van der Waals surface area contributed by atoms with E-state index in [4.69, 9.17) is 0 Å². The van der Waals surface area contributed by atoms with Crippen LogP contribution < -0.4 is 0 Å². The summed E-state index contributed by atoms with van der Waals surface area (Å²) in [7, 11) is 0. The van der Waals surface area contributed by atoms with Crippen molar-refractivity contribution in [1.29, 1.82) is 0 Å². The summed E-state index contributed by atoms with van der Waals surface area (Å²) in [5, 5.41) is 1.28. The zero-order valence-corrected chi connectivity index (χ0v) is 12.0. The molecule has 0 saturated heterocycles. The minimum atomic E-state index is 0. The molecular formula is C18H22FN. The zero-order chi connectivity index (χ0) is 13.8. The van der Waals surface area contributed by atoms with Gasteiger partial charge in [-0.05, 0) is 31.4 Å². The van der Waals surface area contributed by atoms with Crippen LogP contribution in [0.2, 0.25) is 0 Å². The smallest absolute Gasteiger partial charge is 0.0453 e. The lowest BCUT2D eigenvalue weighted by Crippen LogP contribution is -1.61. The summed E-state index contributed by atoms with van der Waals surface area (Å²) in [4.78, 5) is 3.12. The lowest BCUT2D eigenvalue weighted by atomic mass is 10.3. The molecule has 1 N–H and O–H groups in total. The van der Waals surface area contributed by atoms with E-state index >= 15 is 0 Å². The number of halogens is 1. The van der Waals surface area contributed by atoms with Gasteiger partial charge < -0.3 is 4.98 Å². The van der Waals surface area contributed by atoms with Crippen LogP contribution in [0.5, 0.6) is 0 Å². The molecule has 0 unspecified atom stereocenters. The van der Waals surface area contributed by atoms with Gasteiger partial charge in [-0.15, -0.1) is 0 Å². The van der Waals surface area contributed by atoms with Gasteiger partial charge in [-0.25, -0.2) is 0 Å². The maximum Gasteiger partial charge on any atom is 0.0453 e. The number of hydrogen-bond donors (Lipinski definition) is 1. The minimum absolute atomic E-state index is 0. The van der Waals surface area contributed by atoms with Crippen molar-refractivity contribution in [3.63, 3.8) is 0 Å². The molecule has 0 bridgehead atoms. The Balaban J connectivity index is 0.000000290. The van der Waals surface area contributed by atoms with Gasteiger partial charge in [0.05, 0.1) is 0 Å². The van der Waals surface area contributed by atoms with Crippen LogP contribution in [0.1, 0.15) is 13.8 Å². The fourth-order valence-electron chi connectivity index (χ4n) is 1.38. The van der Waals surface area contributed by atoms with Crippen molar-refractivity contribution in [2.45, 2.75) is 13.8 Å². The Morgan fingerprint density at radius 3 is 1.65 bits per heavy atom. The third kappa shape index (κ3) is 7.17. The summed E-state index contributed by atoms with van der Waals surface area (Å²) >= 11 is 0. The highest BCUT2D eigenvalue weighted by molar-refractivity contribution is 5.78. The molecule has 0 fully saturated rings. The number of hydrogen-bond acceptors (Lipinski definition) is 0. The molecule has 1 heterocycles. The molecule has 106 valence electrons. The SMILES string of the molecule is CC=CC.F.c1ccc2[nH]ccc2c1.c1ccccc1. The van der Waals surface area contributed by atoms with Gasteiger partial charge >= 0.3 is 0 Å². The summed E-state index contributed by atoms with van der Waals surface area (Å²) in [6, 6.07) is 22.3. The molecule has 20 heavy (non-hydrogen) atoms. The van der Waals surface area contributed by atoms with E-state index in [1.165, 1.54) is 10.9 Å². The highest BCUT2D eigenvalue weighted by Crippen LogP contribution is 2.09. The Morgan fingerprint density at radius 2 is 1.20 bits per heavy atom. The first kappa shape index (κ1) is 17.6. The van der Waals surface area contributed by atoms with Gasteiger partial charge in [-0.3, -0.25) is 4.70 Å². The molecule has 3 rings (SSSR count). The third-order valence-corrected chi connectivity index (χ3v) is 2.46. The Morgan fingerprint density at radius 1 is 0.700 bits per heavy atom. The molecule has 2 aromatic carbocycles. The van der Waals surface area contributed by atoms with E-state index in [0.29, 0.717) is 0 Å². The molecule has 0 aliphatic rings. The number of fused-ring (bicyclic) bond motifs is 1. The molecule has 0 aliphatic heterocycles. The first-order chi connectivity index (χ1) is 9.38. The maximum atomic E-state index is 3.12. The normalized spacial score (nSPS) is 8.90. The van der Waals surface area contributed by atoms with Crippen LogP contribution in [0, 0.1) is 0 Å². The van der Waals surface area contributed by atoms with E-state index < -0.39 is 0 Å². The molecule has 0 atom stereocenters. The second kappa shape index (κ2) is 11.7. The minimum Gasteiger partial charge on any atom is -0.361 e. The average Bonchev–Trinajstić information content (AvgIpc) is 2.98. The van der Waals surface area contributed by atoms with E-state index in [1.54, 1.807) is 0 Å². The molecule has 0 aliphatic carbocycles. The highest BCUT2D eigenvalue weighted by atomic mass is 19.0. The molecule has 0 radical (unpaired) electrons. The van der Waals surface area contributed by atoms with E-state index in [9.17, 15) is 0 Å². The van der Waals surface area contributed by atoms with Crippen molar-refractivity contribution in [2.75, 3.05) is 0 Å². The quantitative estimate of drug-likeness (QED) is 0.513. The maximum absolute atomic E-state index is 3.12. The molecule has 1 aromatic heterocycles. The predicted octanol–water partition coefficient (Wildman–Crippen LogP) is 5.59. The van der Waals surface area contributed by atoms with Crippen molar-refractivity contribution < 1.29 is 4.70 Å². The van der Waals surface area contributed by atoms with Crippen molar-refractivity contribution in [2.24, 2.45) is 0 Å². The third-order valence-electron chi connectivity index (χ3n) is 2.46. The van der Waals surface area contributed by atoms with Crippen LogP contribution in [-0.2, 0) is 0 Å². The summed E-state index contributed by atoms with van der Waals surface area (Å²) in [5.74, 6) is 0. The van der Waals surface area contributed by atoms with E-state index in [1.807, 2.05) is 80.7 Å². The molecule has 0 saturated carbocycles. The van der Waals surface area contributed by atoms with Gasteiger partial charge in [0.25, 0.3) is 0 Å². The number of aromatic amines is 1. The number of para-hydroxylation sites is 1. The standard InChI is InChI=1S/C8H7N.C6H6.C4H8.FH/c1-2-4-8-7(3-1)5-6-9-8;1-2-4-6-5-3-1;1-3-4-2;/h1-6,9H;1-6H;3-4H,1-2H3;1H. The van der Waals surface area contributed by atoms with Crippen molar-refractivity contribution in [3.8, 4) is 0 Å². The van der Waals surface area contributed by atoms with Crippen molar-refractivity contribution in [1.82, 2.24) is 4.98 Å².